The van der Waals surface area contributed by atoms with Crippen molar-refractivity contribution in [1.82, 2.24) is 19.8 Å². The van der Waals surface area contributed by atoms with E-state index in [1.807, 2.05) is 36.2 Å². The zero-order valence-corrected chi connectivity index (χ0v) is 19.6. The van der Waals surface area contributed by atoms with Crippen molar-refractivity contribution < 1.29 is 19.1 Å². The fraction of sp³-hybridized carbons (Fsp3) is 0.423. The number of urea groups is 1. The SMILES string of the molecule is Cc1c(C(=O)N2CC3CC2C3)cn2nccc(Oc3ccc4c(c3)OCCN4C(=O)NC3CC3)c12. The van der Waals surface area contributed by atoms with Crippen molar-refractivity contribution >= 4 is 23.1 Å². The minimum absolute atomic E-state index is 0.0793. The van der Waals surface area contributed by atoms with E-state index >= 15 is 0 Å². The van der Waals surface area contributed by atoms with Gasteiger partial charge in [-0.2, -0.15) is 5.10 Å². The number of nitrogens with zero attached hydrogens (tertiary/aromatic N) is 4. The number of hydrogen-bond acceptors (Lipinski definition) is 5. The molecule has 2 saturated heterocycles. The molecule has 5 heterocycles. The lowest BCUT2D eigenvalue weighted by Crippen LogP contribution is -2.45. The molecular weight excluding hydrogens is 446 g/mol. The highest BCUT2D eigenvalue weighted by Crippen LogP contribution is 2.42. The van der Waals surface area contributed by atoms with Gasteiger partial charge in [-0.3, -0.25) is 9.69 Å². The van der Waals surface area contributed by atoms with Gasteiger partial charge in [0, 0.05) is 37.0 Å². The molecular formula is C26H27N5O4. The Morgan fingerprint density at radius 3 is 2.83 bits per heavy atom. The van der Waals surface area contributed by atoms with Crippen LogP contribution in [0.15, 0.2) is 36.7 Å². The van der Waals surface area contributed by atoms with Crippen LogP contribution < -0.4 is 19.7 Å². The van der Waals surface area contributed by atoms with Gasteiger partial charge in [-0.15, -0.1) is 0 Å². The molecule has 2 aliphatic carbocycles. The van der Waals surface area contributed by atoms with Crippen LogP contribution in [-0.4, -0.2) is 58.2 Å². The van der Waals surface area contributed by atoms with Crippen molar-refractivity contribution in [3.05, 3.63) is 47.8 Å². The molecule has 180 valence electrons. The molecule has 5 aliphatic rings. The smallest absolute Gasteiger partial charge is 0.322 e. The van der Waals surface area contributed by atoms with Crippen molar-refractivity contribution in [2.75, 3.05) is 24.6 Å². The number of carbonyl (C=O) groups is 2. The van der Waals surface area contributed by atoms with E-state index in [0.29, 0.717) is 54.0 Å². The third-order valence-corrected chi connectivity index (χ3v) is 7.66. The lowest BCUT2D eigenvalue weighted by molar-refractivity contribution is 0.0750. The summed E-state index contributed by atoms with van der Waals surface area (Å²) < 4.78 is 13.8. The number of benzene rings is 1. The summed E-state index contributed by atoms with van der Waals surface area (Å²) in [7, 11) is 0. The van der Waals surface area contributed by atoms with E-state index in [1.54, 1.807) is 21.7 Å². The van der Waals surface area contributed by atoms with Gasteiger partial charge in [0.15, 0.2) is 5.75 Å². The summed E-state index contributed by atoms with van der Waals surface area (Å²) in [6, 6.07) is 7.91. The van der Waals surface area contributed by atoms with Gasteiger partial charge in [0.2, 0.25) is 0 Å². The largest absolute Gasteiger partial charge is 0.489 e. The van der Waals surface area contributed by atoms with Gasteiger partial charge < -0.3 is 19.7 Å². The molecule has 2 saturated carbocycles. The summed E-state index contributed by atoms with van der Waals surface area (Å²) in [6.07, 6.45) is 7.82. The zero-order chi connectivity index (χ0) is 23.7. The highest BCUT2D eigenvalue weighted by atomic mass is 16.5. The van der Waals surface area contributed by atoms with Crippen LogP contribution in [0, 0.1) is 12.8 Å². The maximum absolute atomic E-state index is 13.3. The highest BCUT2D eigenvalue weighted by molar-refractivity contribution is 5.99. The van der Waals surface area contributed by atoms with Gasteiger partial charge in [0.25, 0.3) is 5.91 Å². The zero-order valence-electron chi connectivity index (χ0n) is 19.6. The van der Waals surface area contributed by atoms with E-state index in [0.717, 1.165) is 49.0 Å². The first kappa shape index (κ1) is 20.6. The Morgan fingerprint density at radius 2 is 2.06 bits per heavy atom. The molecule has 0 atom stereocenters. The molecule has 0 spiro atoms. The van der Waals surface area contributed by atoms with Gasteiger partial charge in [-0.25, -0.2) is 9.31 Å². The van der Waals surface area contributed by atoms with Crippen LogP contribution in [0.2, 0.25) is 0 Å². The average molecular weight is 474 g/mol. The second-order valence-electron chi connectivity index (χ2n) is 10.1. The van der Waals surface area contributed by atoms with Crippen molar-refractivity contribution in [3.8, 4) is 17.2 Å². The Morgan fingerprint density at radius 1 is 1.20 bits per heavy atom. The van der Waals surface area contributed by atoms with Gasteiger partial charge in [0.05, 0.1) is 24.0 Å². The standard InChI is InChI=1S/C26H27N5O4/c1-15-20(25(32)30-13-16-10-18(30)11-16)14-31-24(15)22(6-7-27-31)35-19-4-5-21-23(12-19)34-9-8-29(21)26(33)28-17-2-3-17/h4-7,12,14,16-18H,2-3,8-11,13H2,1H3,(H,28,33). The molecule has 2 bridgehead atoms. The summed E-state index contributed by atoms with van der Waals surface area (Å²) in [5.74, 6) is 2.56. The molecule has 0 unspecified atom stereocenters. The Balaban J connectivity index is 1.17. The van der Waals surface area contributed by atoms with Crippen molar-refractivity contribution in [3.63, 3.8) is 0 Å². The lowest BCUT2D eigenvalue weighted by atomic mass is 9.86. The maximum Gasteiger partial charge on any atom is 0.322 e. The fourth-order valence-electron chi connectivity index (χ4n) is 5.54. The van der Waals surface area contributed by atoms with E-state index in [1.165, 1.54) is 0 Å². The summed E-state index contributed by atoms with van der Waals surface area (Å²) >= 11 is 0. The number of aromatic nitrogens is 2. The van der Waals surface area contributed by atoms with Crippen molar-refractivity contribution in [2.24, 2.45) is 5.92 Å². The Bertz CT molecular complexity index is 1360. The first-order chi connectivity index (χ1) is 17.0. The average Bonchev–Trinajstić information content (AvgIpc) is 3.25. The fourth-order valence-corrected chi connectivity index (χ4v) is 5.54. The van der Waals surface area contributed by atoms with Crippen LogP contribution in [0.4, 0.5) is 10.5 Å². The number of amides is 3. The van der Waals surface area contributed by atoms with Crippen LogP contribution in [0.3, 0.4) is 0 Å². The van der Waals surface area contributed by atoms with Crippen LogP contribution >= 0.6 is 0 Å². The Hall–Kier alpha value is -3.75. The first-order valence-corrected chi connectivity index (χ1v) is 12.4. The number of carbonyl (C=O) groups excluding carboxylic acids is 2. The summed E-state index contributed by atoms with van der Waals surface area (Å²) in [5.41, 5.74) is 3.04. The van der Waals surface area contributed by atoms with Crippen LogP contribution in [0.25, 0.3) is 5.52 Å². The number of rotatable bonds is 4. The highest BCUT2D eigenvalue weighted by Gasteiger charge is 2.45. The van der Waals surface area contributed by atoms with E-state index in [2.05, 4.69) is 10.4 Å². The van der Waals surface area contributed by atoms with Gasteiger partial charge in [-0.05, 0) is 56.2 Å². The molecule has 1 aromatic carbocycles. The molecule has 9 nitrogen and oxygen atoms in total. The molecule has 9 heteroatoms. The quantitative estimate of drug-likeness (QED) is 0.624. The molecule has 3 aromatic rings. The van der Waals surface area contributed by atoms with Crippen LogP contribution in [0.5, 0.6) is 17.2 Å². The summed E-state index contributed by atoms with van der Waals surface area (Å²) in [6.45, 7) is 3.74. The molecule has 0 radical (unpaired) electrons. The second-order valence-corrected chi connectivity index (χ2v) is 10.1. The third-order valence-electron chi connectivity index (χ3n) is 7.66. The van der Waals surface area contributed by atoms with Crippen molar-refractivity contribution in [2.45, 2.75) is 44.7 Å². The molecule has 35 heavy (non-hydrogen) atoms. The third kappa shape index (κ3) is 3.40. The predicted molar refractivity (Wildman–Crippen MR) is 128 cm³/mol. The summed E-state index contributed by atoms with van der Waals surface area (Å²) in [4.78, 5) is 29.6. The second kappa shape index (κ2) is 7.63. The Labute approximate surface area is 202 Å². The normalized spacial score (nSPS) is 22.4. The monoisotopic (exact) mass is 473 g/mol. The maximum atomic E-state index is 13.3. The topological polar surface area (TPSA) is 88.4 Å². The van der Waals surface area contributed by atoms with Gasteiger partial charge >= 0.3 is 6.03 Å². The molecule has 8 rings (SSSR count). The molecule has 3 amide bonds. The van der Waals surface area contributed by atoms with Crippen molar-refractivity contribution in [1.29, 1.82) is 0 Å². The minimum Gasteiger partial charge on any atom is -0.489 e. The lowest BCUT2D eigenvalue weighted by Gasteiger charge is -2.29. The number of fused-ring (bicyclic) bond motifs is 3. The molecule has 2 aromatic heterocycles. The van der Waals surface area contributed by atoms with Crippen LogP contribution in [-0.2, 0) is 0 Å². The molecule has 1 N–H and O–H groups in total. The number of nitrogens with one attached hydrogen (secondary N) is 1. The van der Waals surface area contributed by atoms with Gasteiger partial charge in [0.1, 0.15) is 23.6 Å². The number of anilines is 1. The van der Waals surface area contributed by atoms with Gasteiger partial charge in [-0.1, -0.05) is 0 Å². The Kier molecular flexibility index (Phi) is 4.49. The van der Waals surface area contributed by atoms with E-state index in [-0.39, 0.29) is 11.9 Å². The number of aryl methyl sites for hydroxylation is 1. The summed E-state index contributed by atoms with van der Waals surface area (Å²) in [5, 5.41) is 7.46. The van der Waals surface area contributed by atoms with Crippen LogP contribution in [0.1, 0.15) is 41.6 Å². The van der Waals surface area contributed by atoms with E-state index in [9.17, 15) is 9.59 Å². The van der Waals surface area contributed by atoms with E-state index < -0.39 is 0 Å². The predicted octanol–water partition coefficient (Wildman–Crippen LogP) is 3.74. The molecule has 3 aliphatic heterocycles. The number of hydrogen-bond donors (Lipinski definition) is 1. The first-order valence-electron chi connectivity index (χ1n) is 12.4. The van der Waals surface area contributed by atoms with E-state index in [4.69, 9.17) is 9.47 Å². The minimum atomic E-state index is -0.0851. The molecule has 4 fully saturated rings. The number of ether oxygens (including phenoxy) is 2.